The van der Waals surface area contributed by atoms with Crippen molar-refractivity contribution in [3.63, 3.8) is 0 Å². The summed E-state index contributed by atoms with van der Waals surface area (Å²) in [7, 11) is 0. The minimum atomic E-state index is 0.303. The fourth-order valence-electron chi connectivity index (χ4n) is 2.87. The monoisotopic (exact) mass is 210 g/mol. The molecule has 1 aliphatic heterocycles. The molecular formula is C13H22O2. The van der Waals surface area contributed by atoms with E-state index in [0.29, 0.717) is 17.8 Å². The summed E-state index contributed by atoms with van der Waals surface area (Å²) in [5.41, 5.74) is 0. The Hall–Kier alpha value is -0.370. The van der Waals surface area contributed by atoms with Gasteiger partial charge in [0.15, 0.2) is 0 Å². The third kappa shape index (κ3) is 3.04. The molecule has 2 nitrogen and oxygen atoms in total. The number of hydrogen-bond acceptors (Lipinski definition) is 2. The van der Waals surface area contributed by atoms with Crippen LogP contribution >= 0.6 is 0 Å². The van der Waals surface area contributed by atoms with Gasteiger partial charge < -0.3 is 4.74 Å². The first-order valence-corrected chi connectivity index (χ1v) is 6.40. The summed E-state index contributed by atoms with van der Waals surface area (Å²) in [6.07, 6.45) is 8.00. The van der Waals surface area contributed by atoms with E-state index in [1.54, 1.807) is 0 Å². The van der Waals surface area contributed by atoms with Crippen LogP contribution in [0.25, 0.3) is 0 Å². The second-order valence-electron chi connectivity index (χ2n) is 5.27. The van der Waals surface area contributed by atoms with Gasteiger partial charge in [0.05, 0.1) is 6.10 Å². The van der Waals surface area contributed by atoms with Crippen LogP contribution in [0.15, 0.2) is 0 Å². The smallest absolute Gasteiger partial charge is 0.136 e. The predicted octanol–water partition coefficient (Wildman–Crippen LogP) is 2.95. The molecule has 0 radical (unpaired) electrons. The molecule has 2 aliphatic rings. The highest BCUT2D eigenvalue weighted by molar-refractivity contribution is 5.81. The predicted molar refractivity (Wildman–Crippen MR) is 59.7 cm³/mol. The Morgan fingerprint density at radius 3 is 2.93 bits per heavy atom. The van der Waals surface area contributed by atoms with E-state index in [1.165, 1.54) is 12.8 Å². The van der Waals surface area contributed by atoms with Gasteiger partial charge in [0.25, 0.3) is 0 Å². The lowest BCUT2D eigenvalue weighted by Crippen LogP contribution is -2.30. The van der Waals surface area contributed by atoms with Crippen LogP contribution in [0.5, 0.6) is 0 Å². The zero-order valence-corrected chi connectivity index (χ0v) is 9.71. The van der Waals surface area contributed by atoms with E-state index < -0.39 is 0 Å². The first kappa shape index (κ1) is 11.1. The van der Waals surface area contributed by atoms with Gasteiger partial charge in [-0.15, -0.1) is 0 Å². The van der Waals surface area contributed by atoms with E-state index in [4.69, 9.17) is 4.74 Å². The van der Waals surface area contributed by atoms with Crippen LogP contribution in [0.3, 0.4) is 0 Å². The molecule has 3 unspecified atom stereocenters. The van der Waals surface area contributed by atoms with Gasteiger partial charge in [0.2, 0.25) is 0 Å². The first-order chi connectivity index (χ1) is 7.25. The van der Waals surface area contributed by atoms with E-state index in [1.807, 2.05) is 0 Å². The average Bonchev–Trinajstić information content (AvgIpc) is 2.25. The highest BCUT2D eigenvalue weighted by Crippen LogP contribution is 2.31. The molecule has 0 N–H and O–H groups in total. The van der Waals surface area contributed by atoms with E-state index in [0.717, 1.165) is 44.6 Å². The number of carbonyl (C=O) groups excluding carboxylic acids is 1. The largest absolute Gasteiger partial charge is 0.378 e. The van der Waals surface area contributed by atoms with E-state index in [-0.39, 0.29) is 0 Å². The van der Waals surface area contributed by atoms with E-state index in [2.05, 4.69) is 6.92 Å². The fraction of sp³-hybridized carbons (Fsp3) is 0.923. The normalized spacial score (nSPS) is 37.9. The Morgan fingerprint density at radius 2 is 2.20 bits per heavy atom. The summed E-state index contributed by atoms with van der Waals surface area (Å²) in [6.45, 7) is 3.17. The van der Waals surface area contributed by atoms with Crippen molar-refractivity contribution in [2.45, 2.75) is 58.0 Å². The molecule has 2 heteroatoms. The van der Waals surface area contributed by atoms with Gasteiger partial charge in [-0.25, -0.2) is 0 Å². The number of ketones is 1. The number of ether oxygens (including phenoxy) is 1. The topological polar surface area (TPSA) is 26.3 Å². The van der Waals surface area contributed by atoms with Gasteiger partial charge in [-0.3, -0.25) is 4.79 Å². The third-order valence-electron chi connectivity index (χ3n) is 3.85. The van der Waals surface area contributed by atoms with Crippen molar-refractivity contribution in [1.29, 1.82) is 0 Å². The summed E-state index contributed by atoms with van der Waals surface area (Å²) >= 11 is 0. The molecule has 0 bridgehead atoms. The quantitative estimate of drug-likeness (QED) is 0.700. The van der Waals surface area contributed by atoms with Crippen molar-refractivity contribution in [3.8, 4) is 0 Å². The zero-order chi connectivity index (χ0) is 10.7. The van der Waals surface area contributed by atoms with E-state index in [9.17, 15) is 4.79 Å². The van der Waals surface area contributed by atoms with Crippen LogP contribution in [0, 0.1) is 11.8 Å². The molecule has 0 aromatic rings. The van der Waals surface area contributed by atoms with Crippen molar-refractivity contribution in [3.05, 3.63) is 0 Å². The van der Waals surface area contributed by atoms with Crippen LogP contribution in [0.2, 0.25) is 0 Å². The fourth-order valence-corrected chi connectivity index (χ4v) is 2.87. The van der Waals surface area contributed by atoms with Crippen molar-refractivity contribution in [1.82, 2.24) is 0 Å². The molecule has 2 fully saturated rings. The zero-order valence-electron chi connectivity index (χ0n) is 9.71. The van der Waals surface area contributed by atoms with Crippen LogP contribution in [0.4, 0.5) is 0 Å². The van der Waals surface area contributed by atoms with Gasteiger partial charge in [-0.1, -0.05) is 6.92 Å². The summed E-state index contributed by atoms with van der Waals surface area (Å²) in [5.74, 6) is 1.52. The Bertz CT molecular complexity index is 219. The maximum absolute atomic E-state index is 11.8. The van der Waals surface area contributed by atoms with Crippen molar-refractivity contribution >= 4 is 5.78 Å². The lowest BCUT2D eigenvalue weighted by molar-refractivity contribution is -0.127. The number of rotatable bonds is 2. The molecule has 0 aromatic carbocycles. The molecule has 0 aromatic heterocycles. The molecule has 15 heavy (non-hydrogen) atoms. The molecule has 1 aliphatic carbocycles. The minimum absolute atomic E-state index is 0.303. The number of hydrogen-bond donors (Lipinski definition) is 0. The maximum atomic E-state index is 11.8. The second kappa shape index (κ2) is 5.11. The van der Waals surface area contributed by atoms with Crippen LogP contribution < -0.4 is 0 Å². The molecule has 1 saturated carbocycles. The van der Waals surface area contributed by atoms with E-state index >= 15 is 0 Å². The Balaban J connectivity index is 1.83. The van der Waals surface area contributed by atoms with Crippen LogP contribution in [-0.4, -0.2) is 18.5 Å². The van der Waals surface area contributed by atoms with Crippen molar-refractivity contribution < 1.29 is 9.53 Å². The van der Waals surface area contributed by atoms with Gasteiger partial charge in [-0.2, -0.15) is 0 Å². The summed E-state index contributed by atoms with van der Waals surface area (Å²) in [5, 5.41) is 0. The molecular weight excluding hydrogens is 188 g/mol. The Morgan fingerprint density at radius 1 is 1.33 bits per heavy atom. The summed E-state index contributed by atoms with van der Waals surface area (Å²) in [4.78, 5) is 11.8. The SMILES string of the molecule is CC1CCC(=O)C(CC2CCCCO2)C1. The van der Waals surface area contributed by atoms with Crippen molar-refractivity contribution in [2.75, 3.05) is 6.61 Å². The Kier molecular flexibility index (Phi) is 3.79. The Labute approximate surface area is 92.4 Å². The molecule has 86 valence electrons. The second-order valence-corrected chi connectivity index (χ2v) is 5.27. The average molecular weight is 210 g/mol. The molecule has 0 spiro atoms. The van der Waals surface area contributed by atoms with Crippen LogP contribution in [0.1, 0.15) is 51.9 Å². The van der Waals surface area contributed by atoms with Gasteiger partial charge in [0, 0.05) is 18.9 Å². The standard InChI is InChI=1S/C13H22O2/c1-10-5-6-13(14)11(8-10)9-12-4-2-3-7-15-12/h10-12H,2-9H2,1H3. The van der Waals surface area contributed by atoms with Gasteiger partial charge in [0.1, 0.15) is 5.78 Å². The maximum Gasteiger partial charge on any atom is 0.136 e. The molecule has 1 saturated heterocycles. The van der Waals surface area contributed by atoms with Crippen LogP contribution in [-0.2, 0) is 9.53 Å². The van der Waals surface area contributed by atoms with Gasteiger partial charge in [-0.05, 0) is 44.4 Å². The number of Topliss-reactive ketones (excluding diaryl/α,β-unsaturated/α-hetero) is 1. The number of carbonyl (C=O) groups is 1. The van der Waals surface area contributed by atoms with Gasteiger partial charge >= 0.3 is 0 Å². The molecule has 3 atom stereocenters. The molecule has 0 amide bonds. The summed E-state index contributed by atoms with van der Waals surface area (Å²) in [6, 6.07) is 0. The highest BCUT2D eigenvalue weighted by Gasteiger charge is 2.29. The lowest BCUT2D eigenvalue weighted by atomic mass is 9.78. The van der Waals surface area contributed by atoms with Crippen molar-refractivity contribution in [2.24, 2.45) is 11.8 Å². The molecule has 1 heterocycles. The minimum Gasteiger partial charge on any atom is -0.378 e. The lowest BCUT2D eigenvalue weighted by Gasteiger charge is -2.30. The third-order valence-corrected chi connectivity index (χ3v) is 3.85. The first-order valence-electron chi connectivity index (χ1n) is 6.40. The summed E-state index contributed by atoms with van der Waals surface area (Å²) < 4.78 is 5.71. The molecule has 2 rings (SSSR count). The highest BCUT2D eigenvalue weighted by atomic mass is 16.5.